The van der Waals surface area contributed by atoms with Crippen LogP contribution in [0.2, 0.25) is 0 Å². The summed E-state index contributed by atoms with van der Waals surface area (Å²) in [6.45, 7) is 2.69. The maximum absolute atomic E-state index is 5.99. The van der Waals surface area contributed by atoms with Crippen molar-refractivity contribution in [1.82, 2.24) is 5.32 Å². The van der Waals surface area contributed by atoms with E-state index in [1.54, 1.807) is 0 Å². The van der Waals surface area contributed by atoms with Crippen molar-refractivity contribution in [2.75, 3.05) is 26.8 Å². The van der Waals surface area contributed by atoms with Gasteiger partial charge in [0.2, 0.25) is 0 Å². The van der Waals surface area contributed by atoms with E-state index in [0.717, 1.165) is 31.4 Å². The first-order valence-corrected chi connectivity index (χ1v) is 6.84. The fourth-order valence-corrected chi connectivity index (χ4v) is 2.89. The molecule has 3 nitrogen and oxygen atoms in total. The Hall–Kier alpha value is -1.06. The molecule has 1 fully saturated rings. The molecule has 0 spiro atoms. The molecule has 1 N–H and O–H groups in total. The summed E-state index contributed by atoms with van der Waals surface area (Å²) in [6.07, 6.45) is 2.88. The molecule has 0 aromatic heterocycles. The fourth-order valence-electron chi connectivity index (χ4n) is 2.89. The van der Waals surface area contributed by atoms with E-state index in [-0.39, 0.29) is 0 Å². The lowest BCUT2D eigenvalue weighted by atomic mass is 9.82. The van der Waals surface area contributed by atoms with Crippen LogP contribution in [0.1, 0.15) is 24.3 Å². The first-order chi connectivity index (χ1) is 8.86. The van der Waals surface area contributed by atoms with Crippen LogP contribution >= 0.6 is 0 Å². The normalized spacial score (nSPS) is 29.5. The first-order valence-electron chi connectivity index (χ1n) is 6.84. The van der Waals surface area contributed by atoms with Gasteiger partial charge in [0.05, 0.1) is 19.3 Å². The summed E-state index contributed by atoms with van der Waals surface area (Å²) in [4.78, 5) is 0. The van der Waals surface area contributed by atoms with Crippen molar-refractivity contribution in [2.24, 2.45) is 5.92 Å². The molecule has 0 saturated heterocycles. The minimum absolute atomic E-state index is 0.421. The van der Waals surface area contributed by atoms with E-state index in [9.17, 15) is 0 Å². The molecule has 0 radical (unpaired) electrons. The third kappa shape index (κ3) is 2.38. The fraction of sp³-hybridized carbons (Fsp3) is 0.600. The van der Waals surface area contributed by atoms with Gasteiger partial charge in [-0.3, -0.25) is 0 Å². The highest BCUT2D eigenvalue weighted by atomic mass is 16.5. The second-order valence-corrected chi connectivity index (χ2v) is 5.40. The highest BCUT2D eigenvalue weighted by Gasteiger charge is 2.31. The quantitative estimate of drug-likeness (QED) is 0.865. The summed E-state index contributed by atoms with van der Waals surface area (Å²) >= 11 is 0. The molecule has 1 heterocycles. The van der Waals surface area contributed by atoms with Crippen molar-refractivity contribution in [3.05, 3.63) is 29.8 Å². The summed E-state index contributed by atoms with van der Waals surface area (Å²) in [5.74, 6) is 2.27. The van der Waals surface area contributed by atoms with Crippen LogP contribution in [0.4, 0.5) is 0 Å². The SMILES string of the molecule is CNCC1CC(OCC2COc3ccccc32)C1. The summed E-state index contributed by atoms with van der Waals surface area (Å²) in [6, 6.07) is 8.30. The van der Waals surface area contributed by atoms with Crippen LogP contribution in [0.5, 0.6) is 5.75 Å². The highest BCUT2D eigenvalue weighted by molar-refractivity contribution is 5.39. The number of benzene rings is 1. The number of rotatable bonds is 5. The molecule has 1 saturated carbocycles. The largest absolute Gasteiger partial charge is 0.493 e. The topological polar surface area (TPSA) is 30.5 Å². The van der Waals surface area contributed by atoms with E-state index in [1.165, 1.54) is 18.4 Å². The van der Waals surface area contributed by atoms with Gasteiger partial charge in [0.25, 0.3) is 0 Å². The van der Waals surface area contributed by atoms with Gasteiger partial charge in [-0.25, -0.2) is 0 Å². The van der Waals surface area contributed by atoms with Gasteiger partial charge in [0.15, 0.2) is 0 Å². The van der Waals surface area contributed by atoms with Crippen LogP contribution in [-0.2, 0) is 4.74 Å². The van der Waals surface area contributed by atoms with Gasteiger partial charge in [-0.05, 0) is 38.4 Å². The molecule has 0 amide bonds. The molecule has 1 aliphatic heterocycles. The predicted octanol–water partition coefficient (Wildman–Crippen LogP) is 2.18. The number of nitrogens with one attached hydrogen (secondary N) is 1. The van der Waals surface area contributed by atoms with E-state index in [1.807, 2.05) is 19.2 Å². The maximum Gasteiger partial charge on any atom is 0.123 e. The lowest BCUT2D eigenvalue weighted by Crippen LogP contribution is -2.37. The Labute approximate surface area is 108 Å². The zero-order valence-corrected chi connectivity index (χ0v) is 10.9. The second kappa shape index (κ2) is 5.29. The van der Waals surface area contributed by atoms with E-state index < -0.39 is 0 Å². The van der Waals surface area contributed by atoms with Crippen LogP contribution in [0, 0.1) is 5.92 Å². The molecule has 1 aliphatic carbocycles. The molecule has 1 atom stereocenters. The Balaban J connectivity index is 1.46. The number of fused-ring (bicyclic) bond motifs is 1. The van der Waals surface area contributed by atoms with Gasteiger partial charge in [0, 0.05) is 11.5 Å². The van der Waals surface area contributed by atoms with Gasteiger partial charge < -0.3 is 14.8 Å². The van der Waals surface area contributed by atoms with Crippen LogP contribution in [-0.4, -0.2) is 32.9 Å². The second-order valence-electron chi connectivity index (χ2n) is 5.40. The monoisotopic (exact) mass is 247 g/mol. The van der Waals surface area contributed by atoms with Gasteiger partial charge >= 0.3 is 0 Å². The number of para-hydroxylation sites is 1. The first kappa shape index (κ1) is 12.0. The van der Waals surface area contributed by atoms with Crippen LogP contribution in [0.3, 0.4) is 0 Å². The number of ether oxygens (including phenoxy) is 2. The van der Waals surface area contributed by atoms with Crippen LogP contribution in [0.25, 0.3) is 0 Å². The van der Waals surface area contributed by atoms with E-state index in [0.29, 0.717) is 12.0 Å². The Morgan fingerprint density at radius 2 is 2.17 bits per heavy atom. The molecule has 98 valence electrons. The molecule has 1 aromatic rings. The minimum atomic E-state index is 0.421. The zero-order chi connectivity index (χ0) is 12.4. The Morgan fingerprint density at radius 3 is 3.00 bits per heavy atom. The third-order valence-electron chi connectivity index (χ3n) is 4.02. The molecule has 3 rings (SSSR count). The molecule has 0 bridgehead atoms. The lowest BCUT2D eigenvalue weighted by molar-refractivity contribution is -0.0364. The van der Waals surface area contributed by atoms with Gasteiger partial charge in [0.1, 0.15) is 5.75 Å². The van der Waals surface area contributed by atoms with E-state index in [2.05, 4.69) is 17.4 Å². The summed E-state index contributed by atoms with van der Waals surface area (Å²) in [5, 5.41) is 3.22. The summed E-state index contributed by atoms with van der Waals surface area (Å²) < 4.78 is 11.7. The van der Waals surface area contributed by atoms with Gasteiger partial charge in [-0.2, -0.15) is 0 Å². The van der Waals surface area contributed by atoms with Crippen molar-refractivity contribution in [2.45, 2.75) is 24.9 Å². The Bertz CT molecular complexity index is 401. The predicted molar refractivity (Wildman–Crippen MR) is 71.1 cm³/mol. The molecule has 2 aliphatic rings. The van der Waals surface area contributed by atoms with Crippen molar-refractivity contribution >= 4 is 0 Å². The molecule has 18 heavy (non-hydrogen) atoms. The van der Waals surface area contributed by atoms with Gasteiger partial charge in [-0.15, -0.1) is 0 Å². The summed E-state index contributed by atoms with van der Waals surface area (Å²) in [7, 11) is 2.01. The zero-order valence-electron chi connectivity index (χ0n) is 10.9. The van der Waals surface area contributed by atoms with Crippen molar-refractivity contribution in [3.63, 3.8) is 0 Å². The Kier molecular flexibility index (Phi) is 3.52. The maximum atomic E-state index is 5.99. The molecule has 1 unspecified atom stereocenters. The molecular formula is C15H21NO2. The van der Waals surface area contributed by atoms with E-state index >= 15 is 0 Å². The van der Waals surface area contributed by atoms with Gasteiger partial charge in [-0.1, -0.05) is 18.2 Å². The third-order valence-corrected chi connectivity index (χ3v) is 4.02. The van der Waals surface area contributed by atoms with Crippen molar-refractivity contribution < 1.29 is 9.47 Å². The molecular weight excluding hydrogens is 226 g/mol. The van der Waals surface area contributed by atoms with Crippen LogP contribution in [0.15, 0.2) is 24.3 Å². The van der Waals surface area contributed by atoms with Crippen LogP contribution < -0.4 is 10.1 Å². The molecule has 3 heteroatoms. The highest BCUT2D eigenvalue weighted by Crippen LogP contribution is 2.35. The average Bonchev–Trinajstić information content (AvgIpc) is 2.75. The average molecular weight is 247 g/mol. The lowest BCUT2D eigenvalue weighted by Gasteiger charge is -2.35. The minimum Gasteiger partial charge on any atom is -0.493 e. The van der Waals surface area contributed by atoms with Crippen molar-refractivity contribution in [3.8, 4) is 5.75 Å². The number of hydrogen-bond acceptors (Lipinski definition) is 3. The van der Waals surface area contributed by atoms with Crippen molar-refractivity contribution in [1.29, 1.82) is 0 Å². The summed E-state index contributed by atoms with van der Waals surface area (Å²) in [5.41, 5.74) is 1.31. The van der Waals surface area contributed by atoms with E-state index in [4.69, 9.17) is 9.47 Å². The Morgan fingerprint density at radius 1 is 1.33 bits per heavy atom. The molecule has 1 aromatic carbocycles. The standard InChI is InChI=1S/C15H21NO2/c1-16-8-11-6-13(7-11)17-9-12-10-18-15-5-3-2-4-14(12)15/h2-5,11-13,16H,6-10H2,1H3. The number of hydrogen-bond donors (Lipinski definition) is 1. The smallest absolute Gasteiger partial charge is 0.123 e.